The zero-order valence-electron chi connectivity index (χ0n) is 12.4. The van der Waals surface area contributed by atoms with Crippen molar-refractivity contribution in [1.82, 2.24) is 0 Å². The van der Waals surface area contributed by atoms with Gasteiger partial charge in [-0.25, -0.2) is 0 Å². The van der Waals surface area contributed by atoms with Crippen molar-refractivity contribution in [1.29, 1.82) is 0 Å². The van der Waals surface area contributed by atoms with E-state index < -0.39 is 5.97 Å². The number of ether oxygens (including phenoxy) is 2. The molecule has 0 radical (unpaired) electrons. The van der Waals surface area contributed by atoms with E-state index in [9.17, 15) is 4.79 Å². The van der Waals surface area contributed by atoms with Crippen molar-refractivity contribution in [3.63, 3.8) is 0 Å². The van der Waals surface area contributed by atoms with Crippen molar-refractivity contribution in [2.75, 3.05) is 13.2 Å². The Bertz CT molecular complexity index is 438. The molecule has 4 nitrogen and oxygen atoms in total. The SMILES string of the molecule is O=C(O)CCCCOc1ccccc1CCC1CCCO1. The van der Waals surface area contributed by atoms with Crippen LogP contribution in [0.2, 0.25) is 0 Å². The third kappa shape index (κ3) is 5.76. The van der Waals surface area contributed by atoms with E-state index >= 15 is 0 Å². The third-order valence-corrected chi connectivity index (χ3v) is 3.77. The first-order valence-electron chi connectivity index (χ1n) is 7.80. The molecule has 21 heavy (non-hydrogen) atoms. The average Bonchev–Trinajstić information content (AvgIpc) is 2.99. The Morgan fingerprint density at radius 3 is 2.95 bits per heavy atom. The fourth-order valence-corrected chi connectivity index (χ4v) is 2.60. The summed E-state index contributed by atoms with van der Waals surface area (Å²) in [6.07, 6.45) is 6.39. The number of carbonyl (C=O) groups is 1. The summed E-state index contributed by atoms with van der Waals surface area (Å²) in [6.45, 7) is 1.47. The number of unbranched alkanes of at least 4 members (excludes halogenated alkanes) is 1. The van der Waals surface area contributed by atoms with E-state index in [2.05, 4.69) is 6.07 Å². The van der Waals surface area contributed by atoms with E-state index in [-0.39, 0.29) is 6.42 Å². The maximum atomic E-state index is 10.4. The molecule has 0 aromatic heterocycles. The summed E-state index contributed by atoms with van der Waals surface area (Å²) < 4.78 is 11.5. The van der Waals surface area contributed by atoms with E-state index in [4.69, 9.17) is 14.6 Å². The molecule has 1 aromatic carbocycles. The predicted octanol–water partition coefficient (Wildman–Crippen LogP) is 3.43. The molecule has 116 valence electrons. The monoisotopic (exact) mass is 292 g/mol. The zero-order chi connectivity index (χ0) is 14.9. The van der Waals surface area contributed by atoms with Gasteiger partial charge in [0, 0.05) is 13.0 Å². The van der Waals surface area contributed by atoms with Crippen LogP contribution in [0, 0.1) is 0 Å². The van der Waals surface area contributed by atoms with E-state index in [0.29, 0.717) is 19.1 Å². The third-order valence-electron chi connectivity index (χ3n) is 3.77. The fourth-order valence-electron chi connectivity index (χ4n) is 2.60. The number of aliphatic carboxylic acids is 1. The molecular weight excluding hydrogens is 268 g/mol. The Morgan fingerprint density at radius 2 is 2.19 bits per heavy atom. The number of carboxylic acid groups (broad SMARTS) is 1. The first-order valence-corrected chi connectivity index (χ1v) is 7.80. The molecule has 4 heteroatoms. The predicted molar refractivity (Wildman–Crippen MR) is 80.7 cm³/mol. The first-order chi connectivity index (χ1) is 10.3. The lowest BCUT2D eigenvalue weighted by molar-refractivity contribution is -0.137. The lowest BCUT2D eigenvalue weighted by Crippen LogP contribution is -2.07. The van der Waals surface area contributed by atoms with Crippen molar-refractivity contribution < 1.29 is 19.4 Å². The maximum Gasteiger partial charge on any atom is 0.303 e. The van der Waals surface area contributed by atoms with Crippen molar-refractivity contribution in [3.05, 3.63) is 29.8 Å². The number of aryl methyl sites for hydroxylation is 1. The fraction of sp³-hybridized carbons (Fsp3) is 0.588. The molecule has 1 N–H and O–H groups in total. The lowest BCUT2D eigenvalue weighted by atomic mass is 10.0. The Balaban J connectivity index is 1.74. The van der Waals surface area contributed by atoms with Crippen molar-refractivity contribution >= 4 is 5.97 Å². The highest BCUT2D eigenvalue weighted by Crippen LogP contribution is 2.23. The summed E-state index contributed by atoms with van der Waals surface area (Å²) in [4.78, 5) is 10.4. The van der Waals surface area contributed by atoms with Crippen LogP contribution in [0.15, 0.2) is 24.3 Å². The van der Waals surface area contributed by atoms with Crippen LogP contribution in [0.4, 0.5) is 0 Å². The Hall–Kier alpha value is -1.55. The molecule has 1 saturated heterocycles. The number of carboxylic acids is 1. The lowest BCUT2D eigenvalue weighted by Gasteiger charge is -2.13. The summed E-state index contributed by atoms with van der Waals surface area (Å²) in [5.41, 5.74) is 1.21. The second kappa shape index (κ2) is 8.67. The van der Waals surface area contributed by atoms with E-state index in [0.717, 1.165) is 38.0 Å². The Labute approximate surface area is 126 Å². The van der Waals surface area contributed by atoms with Crippen LogP contribution in [-0.4, -0.2) is 30.4 Å². The van der Waals surface area contributed by atoms with Gasteiger partial charge in [-0.15, -0.1) is 0 Å². The molecular formula is C17H24O4. The van der Waals surface area contributed by atoms with E-state index in [1.54, 1.807) is 0 Å². The summed E-state index contributed by atoms with van der Waals surface area (Å²) in [5, 5.41) is 8.60. The molecule has 1 aromatic rings. The van der Waals surface area contributed by atoms with Gasteiger partial charge in [0.2, 0.25) is 0 Å². The normalized spacial score (nSPS) is 17.8. The molecule has 0 aliphatic carbocycles. The van der Waals surface area contributed by atoms with Crippen LogP contribution in [0.25, 0.3) is 0 Å². The van der Waals surface area contributed by atoms with E-state index in [1.165, 1.54) is 12.0 Å². The molecule has 1 aliphatic heterocycles. The molecule has 1 atom stereocenters. The van der Waals surface area contributed by atoms with Gasteiger partial charge < -0.3 is 14.6 Å². The molecule has 1 unspecified atom stereocenters. The first kappa shape index (κ1) is 15.8. The molecule has 0 spiro atoms. The van der Waals surface area contributed by atoms with Crippen LogP contribution < -0.4 is 4.74 Å². The molecule has 1 aliphatic rings. The van der Waals surface area contributed by atoms with Gasteiger partial charge in [-0.2, -0.15) is 0 Å². The van der Waals surface area contributed by atoms with Gasteiger partial charge >= 0.3 is 5.97 Å². The van der Waals surface area contributed by atoms with Gasteiger partial charge in [0.25, 0.3) is 0 Å². The van der Waals surface area contributed by atoms with Crippen LogP contribution in [0.1, 0.15) is 44.1 Å². The minimum absolute atomic E-state index is 0.212. The molecule has 1 fully saturated rings. The number of rotatable bonds is 9. The minimum Gasteiger partial charge on any atom is -0.493 e. The number of hydrogen-bond acceptors (Lipinski definition) is 3. The molecule has 2 rings (SSSR count). The van der Waals surface area contributed by atoms with Crippen molar-refractivity contribution in [2.24, 2.45) is 0 Å². The molecule has 1 heterocycles. The van der Waals surface area contributed by atoms with Gasteiger partial charge in [-0.05, 0) is 50.2 Å². The summed E-state index contributed by atoms with van der Waals surface area (Å²) in [5.74, 6) is 0.179. The number of benzene rings is 1. The zero-order valence-corrected chi connectivity index (χ0v) is 12.4. The topological polar surface area (TPSA) is 55.8 Å². The van der Waals surface area contributed by atoms with Gasteiger partial charge in [-0.3, -0.25) is 4.79 Å². The van der Waals surface area contributed by atoms with Gasteiger partial charge in [-0.1, -0.05) is 18.2 Å². The van der Waals surface area contributed by atoms with Crippen molar-refractivity contribution in [3.8, 4) is 5.75 Å². The summed E-state index contributed by atoms with van der Waals surface area (Å²) in [6, 6.07) is 8.09. The maximum absolute atomic E-state index is 10.4. The second-order valence-corrected chi connectivity index (χ2v) is 5.48. The van der Waals surface area contributed by atoms with Crippen LogP contribution in [0.3, 0.4) is 0 Å². The van der Waals surface area contributed by atoms with Crippen LogP contribution in [0.5, 0.6) is 5.75 Å². The highest BCUT2D eigenvalue weighted by molar-refractivity contribution is 5.66. The van der Waals surface area contributed by atoms with Gasteiger partial charge in [0.15, 0.2) is 0 Å². The molecule has 0 bridgehead atoms. The Morgan fingerprint density at radius 1 is 1.33 bits per heavy atom. The largest absolute Gasteiger partial charge is 0.493 e. The van der Waals surface area contributed by atoms with E-state index in [1.807, 2.05) is 18.2 Å². The smallest absolute Gasteiger partial charge is 0.303 e. The number of hydrogen-bond donors (Lipinski definition) is 1. The standard InChI is InChI=1S/C17H24O4/c18-17(19)9-3-4-12-21-16-8-2-1-6-14(16)10-11-15-7-5-13-20-15/h1-2,6,8,15H,3-5,7,9-13H2,(H,18,19). The summed E-state index contributed by atoms with van der Waals surface area (Å²) in [7, 11) is 0. The second-order valence-electron chi connectivity index (χ2n) is 5.48. The molecule has 0 saturated carbocycles. The average molecular weight is 292 g/mol. The highest BCUT2D eigenvalue weighted by Gasteiger charge is 2.16. The van der Waals surface area contributed by atoms with Crippen LogP contribution >= 0.6 is 0 Å². The van der Waals surface area contributed by atoms with Crippen LogP contribution in [-0.2, 0) is 16.0 Å². The summed E-state index contributed by atoms with van der Waals surface area (Å²) >= 11 is 0. The molecule has 0 amide bonds. The highest BCUT2D eigenvalue weighted by atomic mass is 16.5. The van der Waals surface area contributed by atoms with Crippen molar-refractivity contribution in [2.45, 2.75) is 51.0 Å². The number of para-hydroxylation sites is 1. The Kier molecular flexibility index (Phi) is 6.54. The van der Waals surface area contributed by atoms with Gasteiger partial charge in [0.1, 0.15) is 5.75 Å². The minimum atomic E-state index is -0.744. The van der Waals surface area contributed by atoms with Gasteiger partial charge in [0.05, 0.1) is 12.7 Å². The quantitative estimate of drug-likeness (QED) is 0.708.